The largest absolute Gasteiger partial charge is 0.444 e. The van der Waals surface area contributed by atoms with Crippen LogP contribution in [0, 0.1) is 0 Å². The highest BCUT2D eigenvalue weighted by Crippen LogP contribution is 2.36. The Balaban J connectivity index is 1.49. The lowest BCUT2D eigenvalue weighted by Gasteiger charge is -2.28. The normalized spacial score (nSPS) is 16.8. The quantitative estimate of drug-likeness (QED) is 0.284. The second kappa shape index (κ2) is 13.7. The standard InChI is InChI=1S/C29H30Cl4N4O6/c1-29(2,3)42-28(41)37-15-18(38)13-22(37)26(39)34-10-11-36(27(40)25(32)33)17-7-4-6-16(12-17)23-14-21(35-43-23)24-19(30)8-5-9-20(24)31/h4-9,12,14,18,22,25,38H,10-11,13,15H2,1-3H3,(H,34,39). The highest BCUT2D eigenvalue weighted by Gasteiger charge is 2.41. The number of aromatic nitrogens is 1. The highest BCUT2D eigenvalue weighted by molar-refractivity contribution is 6.54. The van der Waals surface area contributed by atoms with Gasteiger partial charge in [-0.25, -0.2) is 4.79 Å². The fourth-order valence-electron chi connectivity index (χ4n) is 4.58. The summed E-state index contributed by atoms with van der Waals surface area (Å²) in [6.07, 6.45) is -1.51. The molecule has 4 rings (SSSR count). The fourth-order valence-corrected chi connectivity index (χ4v) is 5.40. The van der Waals surface area contributed by atoms with Gasteiger partial charge < -0.3 is 24.6 Å². The predicted octanol–water partition coefficient (Wildman–Crippen LogP) is 5.94. The molecule has 2 N–H and O–H groups in total. The number of halogens is 4. The topological polar surface area (TPSA) is 125 Å². The molecule has 3 aromatic rings. The molecular weight excluding hydrogens is 642 g/mol. The number of β-amino-alcohol motifs (C(OH)–C–C–N with tert-alkyl or cyclic N) is 1. The molecule has 230 valence electrons. The van der Waals surface area contributed by atoms with Gasteiger partial charge in [-0.05, 0) is 45.0 Å². The number of likely N-dealkylation sites (tertiary alicyclic amines) is 1. The monoisotopic (exact) mass is 670 g/mol. The molecule has 1 aliphatic heterocycles. The van der Waals surface area contributed by atoms with Gasteiger partial charge in [-0.3, -0.25) is 14.5 Å². The molecule has 1 saturated heterocycles. The second-order valence-corrected chi connectivity index (χ2v) is 12.8. The third-order valence-electron chi connectivity index (χ3n) is 6.47. The summed E-state index contributed by atoms with van der Waals surface area (Å²) in [6, 6.07) is 12.7. The van der Waals surface area contributed by atoms with Gasteiger partial charge in [0, 0.05) is 42.4 Å². The van der Waals surface area contributed by atoms with Crippen LogP contribution in [0.25, 0.3) is 22.6 Å². The van der Waals surface area contributed by atoms with Crippen molar-refractivity contribution in [2.24, 2.45) is 0 Å². The Bertz CT molecular complexity index is 1470. The first-order valence-corrected chi connectivity index (χ1v) is 14.9. The summed E-state index contributed by atoms with van der Waals surface area (Å²) in [5.74, 6) is -0.712. The van der Waals surface area contributed by atoms with Crippen LogP contribution in [0.4, 0.5) is 10.5 Å². The molecule has 1 aliphatic rings. The van der Waals surface area contributed by atoms with Gasteiger partial charge in [-0.2, -0.15) is 0 Å². The number of anilines is 1. The van der Waals surface area contributed by atoms with E-state index >= 15 is 0 Å². The first kappa shape index (κ1) is 32.9. The molecule has 0 saturated carbocycles. The third kappa shape index (κ3) is 8.13. The van der Waals surface area contributed by atoms with Crippen molar-refractivity contribution in [3.63, 3.8) is 0 Å². The van der Waals surface area contributed by atoms with Crippen molar-refractivity contribution >= 4 is 70.0 Å². The molecule has 3 amide bonds. The Kier molecular flexibility index (Phi) is 10.5. The number of rotatable bonds is 8. The van der Waals surface area contributed by atoms with Gasteiger partial charge >= 0.3 is 6.09 Å². The van der Waals surface area contributed by atoms with E-state index in [4.69, 9.17) is 55.7 Å². The number of alkyl halides is 2. The van der Waals surface area contributed by atoms with E-state index in [0.29, 0.717) is 38.3 Å². The Labute approximate surface area is 268 Å². The maximum Gasteiger partial charge on any atom is 0.411 e. The minimum atomic E-state index is -1.37. The number of hydrogen-bond acceptors (Lipinski definition) is 7. The predicted molar refractivity (Wildman–Crippen MR) is 166 cm³/mol. The average molecular weight is 672 g/mol. The number of hydrogen-bond donors (Lipinski definition) is 2. The van der Waals surface area contributed by atoms with E-state index in [1.807, 2.05) is 0 Å². The van der Waals surface area contributed by atoms with Crippen molar-refractivity contribution in [3.05, 3.63) is 58.6 Å². The minimum Gasteiger partial charge on any atom is -0.444 e. The first-order chi connectivity index (χ1) is 20.2. The SMILES string of the molecule is CC(C)(C)OC(=O)N1CC(O)CC1C(=O)NCCN(C(=O)C(Cl)Cl)c1cccc(-c2cc(-c3c(Cl)cccc3Cl)no2)c1. The summed E-state index contributed by atoms with van der Waals surface area (Å²) in [4.78, 5) is 39.8. The van der Waals surface area contributed by atoms with Crippen LogP contribution in [0.15, 0.2) is 53.1 Å². The Morgan fingerprint density at radius 3 is 2.47 bits per heavy atom. The van der Waals surface area contributed by atoms with Crippen LogP contribution in [0.5, 0.6) is 0 Å². The van der Waals surface area contributed by atoms with Crippen molar-refractivity contribution in [1.29, 1.82) is 0 Å². The van der Waals surface area contributed by atoms with Crippen LogP contribution in [-0.2, 0) is 14.3 Å². The number of nitrogens with one attached hydrogen (secondary N) is 1. The molecule has 0 aliphatic carbocycles. The summed E-state index contributed by atoms with van der Waals surface area (Å²) < 4.78 is 10.9. The summed E-state index contributed by atoms with van der Waals surface area (Å²) in [5, 5.41) is 17.8. The lowest BCUT2D eigenvalue weighted by molar-refractivity contribution is -0.125. The number of carbonyl (C=O) groups excluding carboxylic acids is 3. The summed E-state index contributed by atoms with van der Waals surface area (Å²) in [6.45, 7) is 5.11. The molecule has 2 heterocycles. The molecule has 2 unspecified atom stereocenters. The molecule has 2 atom stereocenters. The zero-order valence-corrected chi connectivity index (χ0v) is 26.5. The van der Waals surface area contributed by atoms with Gasteiger partial charge in [0.15, 0.2) is 10.6 Å². The number of ether oxygens (including phenoxy) is 1. The number of aliphatic hydroxyl groups excluding tert-OH is 1. The summed E-state index contributed by atoms with van der Waals surface area (Å²) in [7, 11) is 0. The van der Waals surface area contributed by atoms with Crippen LogP contribution in [0.1, 0.15) is 27.2 Å². The van der Waals surface area contributed by atoms with E-state index in [1.165, 1.54) is 9.80 Å². The summed E-state index contributed by atoms with van der Waals surface area (Å²) >= 11 is 24.5. The van der Waals surface area contributed by atoms with Gasteiger partial charge in [0.05, 0.1) is 22.7 Å². The van der Waals surface area contributed by atoms with E-state index in [0.717, 1.165) is 0 Å². The van der Waals surface area contributed by atoms with E-state index in [9.17, 15) is 19.5 Å². The van der Waals surface area contributed by atoms with E-state index in [1.54, 1.807) is 69.3 Å². The van der Waals surface area contributed by atoms with Crippen LogP contribution >= 0.6 is 46.4 Å². The molecule has 10 nitrogen and oxygen atoms in total. The molecule has 0 bridgehead atoms. The fraction of sp³-hybridized carbons (Fsp3) is 0.379. The Morgan fingerprint density at radius 1 is 1.14 bits per heavy atom. The van der Waals surface area contributed by atoms with Crippen LogP contribution in [0.2, 0.25) is 10.0 Å². The number of amides is 3. The lowest BCUT2D eigenvalue weighted by atomic mass is 10.1. The second-order valence-electron chi connectivity index (χ2n) is 10.8. The highest BCUT2D eigenvalue weighted by atomic mass is 35.5. The van der Waals surface area contributed by atoms with E-state index < -0.39 is 40.5 Å². The molecular formula is C29H30Cl4N4O6. The maximum atomic E-state index is 13.0. The minimum absolute atomic E-state index is 0.00150. The smallest absolute Gasteiger partial charge is 0.411 e. The molecule has 1 aromatic heterocycles. The third-order valence-corrected chi connectivity index (χ3v) is 7.47. The van der Waals surface area contributed by atoms with Crippen LogP contribution in [0.3, 0.4) is 0 Å². The maximum absolute atomic E-state index is 13.0. The molecule has 0 radical (unpaired) electrons. The van der Waals surface area contributed by atoms with Crippen molar-refractivity contribution in [2.75, 3.05) is 24.5 Å². The molecule has 43 heavy (non-hydrogen) atoms. The van der Waals surface area contributed by atoms with Gasteiger partial charge in [-0.1, -0.05) is 69.8 Å². The Hall–Kier alpha value is -3.02. The molecule has 1 fully saturated rings. The van der Waals surface area contributed by atoms with Gasteiger partial charge in [-0.15, -0.1) is 0 Å². The zero-order chi connectivity index (χ0) is 31.5. The first-order valence-electron chi connectivity index (χ1n) is 13.3. The number of aliphatic hydroxyl groups is 1. The van der Waals surface area contributed by atoms with Crippen LogP contribution < -0.4 is 10.2 Å². The Morgan fingerprint density at radius 2 is 1.81 bits per heavy atom. The van der Waals surface area contributed by atoms with E-state index in [2.05, 4.69) is 10.5 Å². The van der Waals surface area contributed by atoms with Crippen molar-refractivity contribution in [3.8, 4) is 22.6 Å². The van der Waals surface area contributed by atoms with Gasteiger partial charge in [0.25, 0.3) is 5.91 Å². The van der Waals surface area contributed by atoms with Gasteiger partial charge in [0.2, 0.25) is 5.91 Å². The molecule has 0 spiro atoms. The number of benzene rings is 2. The number of nitrogens with zero attached hydrogens (tertiary/aromatic N) is 3. The zero-order valence-electron chi connectivity index (χ0n) is 23.5. The van der Waals surface area contributed by atoms with Crippen molar-refractivity contribution in [2.45, 2.75) is 49.8 Å². The van der Waals surface area contributed by atoms with Crippen molar-refractivity contribution in [1.82, 2.24) is 15.4 Å². The van der Waals surface area contributed by atoms with Gasteiger partial charge in [0.1, 0.15) is 17.3 Å². The number of carbonyl (C=O) groups is 3. The van der Waals surface area contributed by atoms with E-state index in [-0.39, 0.29) is 26.1 Å². The molecule has 14 heteroatoms. The summed E-state index contributed by atoms with van der Waals surface area (Å²) in [5.41, 5.74) is 1.22. The lowest BCUT2D eigenvalue weighted by Crippen LogP contribution is -2.49. The average Bonchev–Trinajstić information content (AvgIpc) is 3.57. The van der Waals surface area contributed by atoms with Crippen LogP contribution in [-0.4, -0.2) is 75.3 Å². The molecule has 2 aromatic carbocycles. The van der Waals surface area contributed by atoms with Crippen molar-refractivity contribution < 1.29 is 28.8 Å².